The molecule has 0 aliphatic carbocycles. The summed E-state index contributed by atoms with van der Waals surface area (Å²) < 4.78 is 6.24. The summed E-state index contributed by atoms with van der Waals surface area (Å²) in [5.74, 6) is 0.657. The quantitative estimate of drug-likeness (QED) is 0.865. The Bertz CT molecular complexity index is 312. The van der Waals surface area contributed by atoms with Gasteiger partial charge in [0.2, 0.25) is 0 Å². The SMILES string of the molecule is Cc1cc(Br)cc(CO)c1OCCO. The number of hydrogen-bond acceptors (Lipinski definition) is 3. The third-order valence-electron chi connectivity index (χ3n) is 1.82. The van der Waals surface area contributed by atoms with Crippen LogP contribution in [0.1, 0.15) is 11.1 Å². The van der Waals surface area contributed by atoms with Gasteiger partial charge in [-0.3, -0.25) is 0 Å². The number of aliphatic hydroxyl groups is 2. The Morgan fingerprint density at radius 2 is 2.07 bits per heavy atom. The summed E-state index contributed by atoms with van der Waals surface area (Å²) in [5.41, 5.74) is 1.67. The van der Waals surface area contributed by atoms with E-state index in [2.05, 4.69) is 15.9 Å². The Balaban J connectivity index is 2.99. The summed E-state index contributed by atoms with van der Waals surface area (Å²) in [7, 11) is 0. The van der Waals surface area contributed by atoms with Crippen LogP contribution < -0.4 is 4.74 Å². The molecule has 4 heteroatoms. The van der Waals surface area contributed by atoms with E-state index in [9.17, 15) is 0 Å². The molecule has 0 amide bonds. The number of ether oxygens (including phenoxy) is 1. The first-order chi connectivity index (χ1) is 6.69. The molecule has 78 valence electrons. The van der Waals surface area contributed by atoms with Crippen molar-refractivity contribution >= 4 is 15.9 Å². The molecule has 0 fully saturated rings. The van der Waals surface area contributed by atoms with Gasteiger partial charge in [0.25, 0.3) is 0 Å². The lowest BCUT2D eigenvalue weighted by Gasteiger charge is -2.12. The van der Waals surface area contributed by atoms with Crippen molar-refractivity contribution in [3.8, 4) is 5.75 Å². The van der Waals surface area contributed by atoms with Crippen LogP contribution in [-0.2, 0) is 6.61 Å². The zero-order valence-electron chi connectivity index (χ0n) is 7.96. The molecule has 0 bridgehead atoms. The first-order valence-corrected chi connectivity index (χ1v) is 5.12. The molecular formula is C10H13BrO3. The van der Waals surface area contributed by atoms with E-state index in [4.69, 9.17) is 14.9 Å². The highest BCUT2D eigenvalue weighted by atomic mass is 79.9. The minimum atomic E-state index is -0.0684. The molecule has 3 nitrogen and oxygen atoms in total. The summed E-state index contributed by atoms with van der Waals surface area (Å²) in [6.45, 7) is 2.05. The average molecular weight is 261 g/mol. The minimum absolute atomic E-state index is 0.0274. The van der Waals surface area contributed by atoms with Crippen molar-refractivity contribution in [2.75, 3.05) is 13.2 Å². The second-order valence-corrected chi connectivity index (χ2v) is 3.86. The maximum atomic E-state index is 9.10. The number of aryl methyl sites for hydroxylation is 1. The molecule has 1 aromatic carbocycles. The van der Waals surface area contributed by atoms with Crippen molar-refractivity contribution in [2.24, 2.45) is 0 Å². The summed E-state index contributed by atoms with van der Waals surface area (Å²) in [5, 5.41) is 17.7. The van der Waals surface area contributed by atoms with Crippen LogP contribution in [0.2, 0.25) is 0 Å². The highest BCUT2D eigenvalue weighted by Gasteiger charge is 2.07. The predicted octanol–water partition coefficient (Wildman–Crippen LogP) is 1.62. The lowest BCUT2D eigenvalue weighted by molar-refractivity contribution is 0.195. The van der Waals surface area contributed by atoms with Crippen molar-refractivity contribution in [3.05, 3.63) is 27.7 Å². The van der Waals surface area contributed by atoms with Crippen molar-refractivity contribution < 1.29 is 14.9 Å². The average Bonchev–Trinajstić information content (AvgIpc) is 2.15. The van der Waals surface area contributed by atoms with Gasteiger partial charge in [-0.2, -0.15) is 0 Å². The lowest BCUT2D eigenvalue weighted by Crippen LogP contribution is -2.05. The minimum Gasteiger partial charge on any atom is -0.491 e. The molecule has 0 atom stereocenters. The van der Waals surface area contributed by atoms with Gasteiger partial charge >= 0.3 is 0 Å². The van der Waals surface area contributed by atoms with Crippen LogP contribution in [0, 0.1) is 6.92 Å². The number of halogens is 1. The van der Waals surface area contributed by atoms with Gasteiger partial charge in [0, 0.05) is 10.0 Å². The summed E-state index contributed by atoms with van der Waals surface area (Å²) in [4.78, 5) is 0. The molecule has 1 rings (SSSR count). The molecule has 14 heavy (non-hydrogen) atoms. The van der Waals surface area contributed by atoms with Crippen LogP contribution in [0.5, 0.6) is 5.75 Å². The number of rotatable bonds is 4. The first kappa shape index (κ1) is 11.5. The lowest BCUT2D eigenvalue weighted by atomic mass is 10.1. The summed E-state index contributed by atoms with van der Waals surface area (Å²) >= 11 is 3.34. The van der Waals surface area contributed by atoms with Crippen LogP contribution >= 0.6 is 15.9 Å². The monoisotopic (exact) mass is 260 g/mol. The Morgan fingerprint density at radius 1 is 1.36 bits per heavy atom. The van der Waals surface area contributed by atoms with Crippen LogP contribution in [-0.4, -0.2) is 23.4 Å². The highest BCUT2D eigenvalue weighted by Crippen LogP contribution is 2.27. The Labute approximate surface area is 91.5 Å². The predicted molar refractivity (Wildman–Crippen MR) is 57.4 cm³/mol. The molecule has 0 heterocycles. The van der Waals surface area contributed by atoms with Crippen molar-refractivity contribution in [3.63, 3.8) is 0 Å². The van der Waals surface area contributed by atoms with Crippen molar-refractivity contribution in [1.82, 2.24) is 0 Å². The topological polar surface area (TPSA) is 49.7 Å². The van der Waals surface area contributed by atoms with Crippen LogP contribution in [0.25, 0.3) is 0 Å². The first-order valence-electron chi connectivity index (χ1n) is 4.32. The molecule has 2 N–H and O–H groups in total. The second-order valence-electron chi connectivity index (χ2n) is 2.94. The number of benzene rings is 1. The molecule has 0 radical (unpaired) electrons. The van der Waals surface area contributed by atoms with E-state index in [0.29, 0.717) is 5.75 Å². The van der Waals surface area contributed by atoms with Gasteiger partial charge in [0.05, 0.1) is 13.2 Å². The number of aliphatic hydroxyl groups excluding tert-OH is 2. The fourth-order valence-corrected chi connectivity index (χ4v) is 1.89. The third-order valence-corrected chi connectivity index (χ3v) is 2.28. The fraction of sp³-hybridized carbons (Fsp3) is 0.400. The van der Waals surface area contributed by atoms with Crippen molar-refractivity contribution in [1.29, 1.82) is 0 Å². The second kappa shape index (κ2) is 5.34. The molecular weight excluding hydrogens is 248 g/mol. The van der Waals surface area contributed by atoms with Gasteiger partial charge in [0.15, 0.2) is 0 Å². The maximum absolute atomic E-state index is 9.10. The molecule has 0 aromatic heterocycles. The third kappa shape index (κ3) is 2.70. The van der Waals surface area contributed by atoms with Gasteiger partial charge in [-0.05, 0) is 24.6 Å². The molecule has 0 aliphatic rings. The van der Waals surface area contributed by atoms with E-state index < -0.39 is 0 Å². The zero-order valence-corrected chi connectivity index (χ0v) is 9.54. The molecule has 0 saturated carbocycles. The van der Waals surface area contributed by atoms with E-state index in [1.165, 1.54) is 0 Å². The Morgan fingerprint density at radius 3 is 2.64 bits per heavy atom. The highest BCUT2D eigenvalue weighted by molar-refractivity contribution is 9.10. The standard InChI is InChI=1S/C10H13BrO3/c1-7-4-9(11)5-8(6-13)10(7)14-3-2-12/h4-5,12-13H,2-3,6H2,1H3. The normalized spacial score (nSPS) is 10.3. The van der Waals surface area contributed by atoms with Gasteiger partial charge < -0.3 is 14.9 Å². The van der Waals surface area contributed by atoms with Gasteiger partial charge in [-0.1, -0.05) is 15.9 Å². The summed E-state index contributed by atoms with van der Waals surface area (Å²) in [6, 6.07) is 3.71. The molecule has 1 aromatic rings. The molecule has 0 aliphatic heterocycles. The van der Waals surface area contributed by atoms with Crippen molar-refractivity contribution in [2.45, 2.75) is 13.5 Å². The Kier molecular flexibility index (Phi) is 4.38. The summed E-state index contributed by atoms with van der Waals surface area (Å²) in [6.07, 6.45) is 0. The van der Waals surface area contributed by atoms with E-state index in [1.807, 2.05) is 13.0 Å². The van der Waals surface area contributed by atoms with Crippen LogP contribution in [0.3, 0.4) is 0 Å². The van der Waals surface area contributed by atoms with Crippen LogP contribution in [0.4, 0.5) is 0 Å². The Hall–Kier alpha value is -0.580. The van der Waals surface area contributed by atoms with Gasteiger partial charge in [-0.15, -0.1) is 0 Å². The van der Waals surface area contributed by atoms with Gasteiger partial charge in [0.1, 0.15) is 12.4 Å². The van der Waals surface area contributed by atoms with E-state index in [0.717, 1.165) is 15.6 Å². The fourth-order valence-electron chi connectivity index (χ4n) is 1.27. The van der Waals surface area contributed by atoms with E-state index in [-0.39, 0.29) is 19.8 Å². The van der Waals surface area contributed by atoms with E-state index in [1.54, 1.807) is 6.07 Å². The molecule has 0 unspecified atom stereocenters. The zero-order chi connectivity index (χ0) is 10.6. The largest absolute Gasteiger partial charge is 0.491 e. The van der Waals surface area contributed by atoms with Crippen LogP contribution in [0.15, 0.2) is 16.6 Å². The molecule has 0 saturated heterocycles. The van der Waals surface area contributed by atoms with Gasteiger partial charge in [-0.25, -0.2) is 0 Å². The smallest absolute Gasteiger partial charge is 0.127 e. The maximum Gasteiger partial charge on any atom is 0.127 e. The molecule has 0 spiro atoms. The van der Waals surface area contributed by atoms with E-state index >= 15 is 0 Å². The number of hydrogen-bond donors (Lipinski definition) is 2.